The maximum atomic E-state index is 12.4. The van der Waals surface area contributed by atoms with Gasteiger partial charge >= 0.3 is 0 Å². The van der Waals surface area contributed by atoms with Crippen LogP contribution in [0, 0.1) is 0 Å². The first-order valence-electron chi connectivity index (χ1n) is 7.87. The highest BCUT2D eigenvalue weighted by Crippen LogP contribution is 2.33. The second-order valence-corrected chi connectivity index (χ2v) is 5.89. The van der Waals surface area contributed by atoms with Gasteiger partial charge in [-0.1, -0.05) is 26.0 Å². The van der Waals surface area contributed by atoms with Crippen molar-refractivity contribution in [3.63, 3.8) is 0 Å². The third-order valence-electron chi connectivity index (χ3n) is 3.87. The summed E-state index contributed by atoms with van der Waals surface area (Å²) in [7, 11) is 3.09. The monoisotopic (exact) mass is 342 g/mol. The maximum absolute atomic E-state index is 12.4. The summed E-state index contributed by atoms with van der Waals surface area (Å²) < 4.78 is 10.4. The Bertz CT molecular complexity index is 806. The third kappa shape index (κ3) is 4.12. The van der Waals surface area contributed by atoms with Crippen molar-refractivity contribution < 1.29 is 24.5 Å². The molecule has 0 radical (unpaired) electrons. The van der Waals surface area contributed by atoms with Gasteiger partial charge < -0.3 is 19.7 Å². The topological polar surface area (TPSA) is 76.0 Å². The lowest BCUT2D eigenvalue weighted by molar-refractivity contribution is 0.104. The molecular weight excluding hydrogens is 320 g/mol. The number of allylic oxidation sites excluding steroid dienone is 1. The van der Waals surface area contributed by atoms with Crippen LogP contribution in [0.4, 0.5) is 0 Å². The summed E-state index contributed by atoms with van der Waals surface area (Å²) in [4.78, 5) is 12.4. The molecule has 5 nitrogen and oxygen atoms in total. The van der Waals surface area contributed by atoms with Crippen molar-refractivity contribution in [1.29, 1.82) is 0 Å². The number of ketones is 1. The zero-order valence-corrected chi connectivity index (χ0v) is 14.7. The second kappa shape index (κ2) is 7.75. The Kier molecular flexibility index (Phi) is 5.70. The molecule has 0 atom stereocenters. The van der Waals surface area contributed by atoms with Crippen LogP contribution >= 0.6 is 0 Å². The van der Waals surface area contributed by atoms with Crippen molar-refractivity contribution in [1.82, 2.24) is 0 Å². The first kappa shape index (κ1) is 18.4. The van der Waals surface area contributed by atoms with E-state index in [0.29, 0.717) is 17.1 Å². The van der Waals surface area contributed by atoms with E-state index < -0.39 is 0 Å². The SMILES string of the molecule is COc1ccc(/C=C/C(=O)c2cc(C(C)C)c(O)cc2O)cc1OC. The Morgan fingerprint density at radius 3 is 2.28 bits per heavy atom. The Morgan fingerprint density at radius 1 is 1.00 bits per heavy atom. The number of aromatic hydroxyl groups is 2. The first-order valence-corrected chi connectivity index (χ1v) is 7.87. The highest BCUT2D eigenvalue weighted by Gasteiger charge is 2.15. The van der Waals surface area contributed by atoms with Gasteiger partial charge in [0.05, 0.1) is 19.8 Å². The van der Waals surface area contributed by atoms with Gasteiger partial charge in [0.25, 0.3) is 0 Å². The van der Waals surface area contributed by atoms with Crippen LogP contribution in [0.5, 0.6) is 23.0 Å². The van der Waals surface area contributed by atoms with Gasteiger partial charge in [0, 0.05) is 6.07 Å². The van der Waals surface area contributed by atoms with Crippen molar-refractivity contribution in [2.24, 2.45) is 0 Å². The number of rotatable bonds is 6. The highest BCUT2D eigenvalue weighted by molar-refractivity contribution is 6.08. The quantitative estimate of drug-likeness (QED) is 0.610. The number of methoxy groups -OCH3 is 2. The maximum Gasteiger partial charge on any atom is 0.189 e. The summed E-state index contributed by atoms with van der Waals surface area (Å²) in [5, 5.41) is 19.8. The Balaban J connectivity index is 2.30. The molecule has 0 aliphatic heterocycles. The van der Waals surface area contributed by atoms with Crippen molar-refractivity contribution in [2.75, 3.05) is 14.2 Å². The van der Waals surface area contributed by atoms with E-state index >= 15 is 0 Å². The van der Waals surface area contributed by atoms with Gasteiger partial charge in [0.1, 0.15) is 11.5 Å². The number of carbonyl (C=O) groups is 1. The van der Waals surface area contributed by atoms with Crippen LogP contribution in [0.2, 0.25) is 0 Å². The fourth-order valence-electron chi connectivity index (χ4n) is 2.47. The normalized spacial score (nSPS) is 11.1. The van der Waals surface area contributed by atoms with Crippen LogP contribution in [0.3, 0.4) is 0 Å². The molecular formula is C20H22O5. The van der Waals surface area contributed by atoms with E-state index in [4.69, 9.17) is 9.47 Å². The summed E-state index contributed by atoms with van der Waals surface area (Å²) in [5.41, 5.74) is 1.52. The van der Waals surface area contributed by atoms with E-state index in [0.717, 1.165) is 5.56 Å². The van der Waals surface area contributed by atoms with E-state index in [1.165, 1.54) is 18.2 Å². The number of benzene rings is 2. The van der Waals surface area contributed by atoms with Gasteiger partial charge in [-0.2, -0.15) is 0 Å². The highest BCUT2D eigenvalue weighted by atomic mass is 16.5. The van der Waals surface area contributed by atoms with Gasteiger partial charge in [-0.25, -0.2) is 0 Å². The Hall–Kier alpha value is -2.95. The zero-order chi connectivity index (χ0) is 18.6. The van der Waals surface area contributed by atoms with Crippen LogP contribution in [0.1, 0.15) is 41.3 Å². The average Bonchev–Trinajstić information content (AvgIpc) is 2.59. The number of phenolic OH excluding ortho intramolecular Hbond substituents is 2. The summed E-state index contributed by atoms with van der Waals surface area (Å²) in [6.45, 7) is 3.81. The number of hydrogen-bond donors (Lipinski definition) is 2. The van der Waals surface area contributed by atoms with E-state index in [9.17, 15) is 15.0 Å². The molecule has 0 spiro atoms. The summed E-state index contributed by atoms with van der Waals surface area (Å²) >= 11 is 0. The number of carbonyl (C=O) groups excluding carboxylic acids is 1. The molecule has 2 aromatic rings. The number of hydrogen-bond acceptors (Lipinski definition) is 5. The molecule has 0 aliphatic rings. The van der Waals surface area contributed by atoms with Gasteiger partial charge in [-0.05, 0) is 41.3 Å². The largest absolute Gasteiger partial charge is 0.508 e. The van der Waals surface area contributed by atoms with Crippen LogP contribution in [0.25, 0.3) is 6.08 Å². The molecule has 0 saturated carbocycles. The summed E-state index contributed by atoms with van der Waals surface area (Å²) in [5.74, 6) is 0.573. The van der Waals surface area contributed by atoms with Gasteiger partial charge in [-0.15, -0.1) is 0 Å². The zero-order valence-electron chi connectivity index (χ0n) is 14.7. The molecule has 0 bridgehead atoms. The van der Waals surface area contributed by atoms with Crippen molar-refractivity contribution in [2.45, 2.75) is 19.8 Å². The summed E-state index contributed by atoms with van der Waals surface area (Å²) in [6.07, 6.45) is 3.00. The van der Waals surface area contributed by atoms with Crippen molar-refractivity contribution in [3.8, 4) is 23.0 Å². The smallest absolute Gasteiger partial charge is 0.189 e. The molecule has 2 rings (SSSR count). The average molecular weight is 342 g/mol. The minimum atomic E-state index is -0.353. The van der Waals surface area contributed by atoms with Gasteiger partial charge in [-0.3, -0.25) is 4.79 Å². The fraction of sp³-hybridized carbons (Fsp3) is 0.250. The number of ether oxygens (including phenoxy) is 2. The minimum absolute atomic E-state index is 0.0204. The molecule has 132 valence electrons. The predicted molar refractivity (Wildman–Crippen MR) is 96.8 cm³/mol. The molecule has 0 amide bonds. The fourth-order valence-corrected chi connectivity index (χ4v) is 2.47. The van der Waals surface area contributed by atoms with E-state index in [-0.39, 0.29) is 28.8 Å². The van der Waals surface area contributed by atoms with Crippen LogP contribution < -0.4 is 9.47 Å². The molecule has 0 saturated heterocycles. The molecule has 2 N–H and O–H groups in total. The standard InChI is InChI=1S/C20H22O5/c1-12(2)14-10-15(18(23)11-17(14)22)16(21)7-5-13-6-8-19(24-3)20(9-13)25-4/h5-12,22-23H,1-4H3/b7-5+. The molecule has 0 aromatic heterocycles. The summed E-state index contributed by atoms with van der Waals surface area (Å²) in [6, 6.07) is 8.02. The lowest BCUT2D eigenvalue weighted by atomic mass is 9.97. The molecule has 2 aromatic carbocycles. The Labute approximate surface area is 147 Å². The Morgan fingerprint density at radius 2 is 1.68 bits per heavy atom. The minimum Gasteiger partial charge on any atom is -0.508 e. The van der Waals surface area contributed by atoms with E-state index in [1.807, 2.05) is 13.8 Å². The van der Waals surface area contributed by atoms with E-state index in [2.05, 4.69) is 0 Å². The van der Waals surface area contributed by atoms with Gasteiger partial charge in [0.15, 0.2) is 17.3 Å². The molecule has 5 heteroatoms. The first-order chi connectivity index (χ1) is 11.9. The molecule has 25 heavy (non-hydrogen) atoms. The second-order valence-electron chi connectivity index (χ2n) is 5.89. The van der Waals surface area contributed by atoms with E-state index in [1.54, 1.807) is 38.5 Å². The number of phenols is 2. The van der Waals surface area contributed by atoms with Crippen LogP contribution in [0.15, 0.2) is 36.4 Å². The van der Waals surface area contributed by atoms with Crippen LogP contribution in [-0.4, -0.2) is 30.2 Å². The molecule has 0 fully saturated rings. The predicted octanol–water partition coefficient (Wildman–Crippen LogP) is 4.13. The molecule has 0 heterocycles. The lowest BCUT2D eigenvalue weighted by Crippen LogP contribution is -1.99. The van der Waals surface area contributed by atoms with Crippen molar-refractivity contribution >= 4 is 11.9 Å². The third-order valence-corrected chi connectivity index (χ3v) is 3.87. The molecule has 0 unspecified atom stereocenters. The lowest BCUT2D eigenvalue weighted by Gasteiger charge is -2.11. The van der Waals surface area contributed by atoms with Crippen LogP contribution in [-0.2, 0) is 0 Å². The molecule has 0 aliphatic carbocycles. The van der Waals surface area contributed by atoms with Crippen molar-refractivity contribution in [3.05, 3.63) is 53.1 Å². The van der Waals surface area contributed by atoms with Gasteiger partial charge in [0.2, 0.25) is 0 Å².